The summed E-state index contributed by atoms with van der Waals surface area (Å²) in [4.78, 5) is 5.03. The normalized spacial score (nSPS) is 12.7. The highest BCUT2D eigenvalue weighted by Crippen LogP contribution is 2.36. The molecule has 0 aliphatic heterocycles. The van der Waals surface area contributed by atoms with E-state index in [1.807, 2.05) is 12.3 Å². The molecule has 5 heteroatoms. The Balaban J connectivity index is 2.35. The van der Waals surface area contributed by atoms with Crippen molar-refractivity contribution in [1.82, 2.24) is 4.98 Å². The lowest BCUT2D eigenvalue weighted by Gasteiger charge is -2.11. The third kappa shape index (κ3) is 2.86. The SMILES string of the molecule is Cc1csc(Sc2cccc(F)c2[C@H](C)O)n1. The summed E-state index contributed by atoms with van der Waals surface area (Å²) in [6, 6.07) is 4.80. The summed E-state index contributed by atoms with van der Waals surface area (Å²) in [5, 5.41) is 11.5. The molecule has 1 aromatic carbocycles. The molecule has 2 aromatic rings. The zero-order chi connectivity index (χ0) is 12.4. The van der Waals surface area contributed by atoms with Crippen LogP contribution in [-0.4, -0.2) is 10.1 Å². The molecule has 1 aromatic heterocycles. The summed E-state index contributed by atoms with van der Waals surface area (Å²) < 4.78 is 14.5. The maximum atomic E-state index is 13.6. The van der Waals surface area contributed by atoms with Crippen molar-refractivity contribution >= 4 is 23.1 Å². The van der Waals surface area contributed by atoms with Crippen LogP contribution in [0.3, 0.4) is 0 Å². The van der Waals surface area contributed by atoms with Gasteiger partial charge in [0, 0.05) is 21.5 Å². The highest BCUT2D eigenvalue weighted by atomic mass is 32.2. The molecule has 0 aliphatic carbocycles. The van der Waals surface area contributed by atoms with Gasteiger partial charge in [-0.25, -0.2) is 9.37 Å². The molecular formula is C12H12FNOS2. The number of aromatic nitrogens is 1. The van der Waals surface area contributed by atoms with Crippen molar-refractivity contribution in [2.45, 2.75) is 29.2 Å². The van der Waals surface area contributed by atoms with Gasteiger partial charge in [0.2, 0.25) is 0 Å². The number of hydrogen-bond donors (Lipinski definition) is 1. The van der Waals surface area contributed by atoms with Crippen LogP contribution in [0.4, 0.5) is 4.39 Å². The molecule has 0 saturated carbocycles. The molecular weight excluding hydrogens is 257 g/mol. The predicted molar refractivity (Wildman–Crippen MR) is 68.0 cm³/mol. The van der Waals surface area contributed by atoms with Gasteiger partial charge in [-0.05, 0) is 26.0 Å². The van der Waals surface area contributed by atoms with Crippen LogP contribution in [-0.2, 0) is 0 Å². The Labute approximate surface area is 108 Å². The molecule has 90 valence electrons. The second-order valence-corrected chi connectivity index (χ2v) is 5.83. The molecule has 1 heterocycles. The molecule has 17 heavy (non-hydrogen) atoms. The lowest BCUT2D eigenvalue weighted by atomic mass is 10.1. The maximum Gasteiger partial charge on any atom is 0.154 e. The average molecular weight is 269 g/mol. The Morgan fingerprint density at radius 1 is 1.47 bits per heavy atom. The van der Waals surface area contributed by atoms with Crippen molar-refractivity contribution in [1.29, 1.82) is 0 Å². The van der Waals surface area contributed by atoms with E-state index in [0.29, 0.717) is 10.5 Å². The third-order valence-corrected chi connectivity index (χ3v) is 4.36. The van der Waals surface area contributed by atoms with Crippen molar-refractivity contribution in [2.75, 3.05) is 0 Å². The largest absolute Gasteiger partial charge is 0.389 e. The summed E-state index contributed by atoms with van der Waals surface area (Å²) in [6.07, 6.45) is -0.820. The lowest BCUT2D eigenvalue weighted by Crippen LogP contribution is -1.98. The van der Waals surface area contributed by atoms with E-state index in [9.17, 15) is 9.50 Å². The molecule has 0 fully saturated rings. The molecule has 2 nitrogen and oxygen atoms in total. The Morgan fingerprint density at radius 2 is 2.24 bits per heavy atom. The first-order valence-corrected chi connectivity index (χ1v) is 6.84. The quantitative estimate of drug-likeness (QED) is 0.920. The minimum atomic E-state index is -0.820. The van der Waals surface area contributed by atoms with Gasteiger partial charge in [0.1, 0.15) is 5.82 Å². The van der Waals surface area contributed by atoms with Crippen LogP contribution in [0, 0.1) is 12.7 Å². The lowest BCUT2D eigenvalue weighted by molar-refractivity contribution is 0.191. The number of aliphatic hydroxyl groups is 1. The Kier molecular flexibility index (Phi) is 3.81. The van der Waals surface area contributed by atoms with E-state index in [1.54, 1.807) is 19.1 Å². The summed E-state index contributed by atoms with van der Waals surface area (Å²) in [7, 11) is 0. The summed E-state index contributed by atoms with van der Waals surface area (Å²) >= 11 is 2.90. The summed E-state index contributed by atoms with van der Waals surface area (Å²) in [5.41, 5.74) is 1.29. The first-order valence-electron chi connectivity index (χ1n) is 5.14. The van der Waals surface area contributed by atoms with Crippen molar-refractivity contribution in [3.63, 3.8) is 0 Å². The van der Waals surface area contributed by atoms with E-state index in [2.05, 4.69) is 4.98 Å². The van der Waals surface area contributed by atoms with E-state index < -0.39 is 6.10 Å². The molecule has 1 atom stereocenters. The van der Waals surface area contributed by atoms with E-state index in [4.69, 9.17) is 0 Å². The van der Waals surface area contributed by atoms with Crippen molar-refractivity contribution in [3.05, 3.63) is 40.7 Å². The molecule has 0 amide bonds. The zero-order valence-electron chi connectivity index (χ0n) is 9.48. The van der Waals surface area contributed by atoms with Crippen molar-refractivity contribution in [2.24, 2.45) is 0 Å². The first kappa shape index (κ1) is 12.5. The van der Waals surface area contributed by atoms with E-state index >= 15 is 0 Å². The number of nitrogens with zero attached hydrogens (tertiary/aromatic N) is 1. The van der Waals surface area contributed by atoms with E-state index in [0.717, 1.165) is 10.0 Å². The van der Waals surface area contributed by atoms with Gasteiger partial charge in [0.05, 0.1) is 6.10 Å². The molecule has 0 aliphatic rings. The molecule has 0 radical (unpaired) electrons. The van der Waals surface area contributed by atoms with Crippen molar-refractivity contribution in [3.8, 4) is 0 Å². The van der Waals surface area contributed by atoms with Gasteiger partial charge >= 0.3 is 0 Å². The molecule has 2 rings (SSSR count). The third-order valence-electron chi connectivity index (χ3n) is 2.23. The van der Waals surface area contributed by atoms with Gasteiger partial charge in [-0.15, -0.1) is 11.3 Å². The van der Waals surface area contributed by atoms with Gasteiger partial charge in [0.15, 0.2) is 4.34 Å². The standard InChI is InChI=1S/C12H12FNOS2/c1-7-6-16-12(14-7)17-10-5-3-4-9(13)11(10)8(2)15/h3-6,8,15H,1-2H3/t8-/m0/s1. The van der Waals surface area contributed by atoms with Gasteiger partial charge < -0.3 is 5.11 Å². The Bertz CT molecular complexity index is 525. The topological polar surface area (TPSA) is 33.1 Å². The summed E-state index contributed by atoms with van der Waals surface area (Å²) in [5.74, 6) is -0.377. The summed E-state index contributed by atoms with van der Waals surface area (Å²) in [6.45, 7) is 3.48. The Hall–Kier alpha value is -0.910. The van der Waals surface area contributed by atoms with Crippen LogP contribution in [0.15, 0.2) is 32.8 Å². The fraction of sp³-hybridized carbons (Fsp3) is 0.250. The number of hydrogen-bond acceptors (Lipinski definition) is 4. The minimum Gasteiger partial charge on any atom is -0.389 e. The molecule has 0 bridgehead atoms. The van der Waals surface area contributed by atoms with Crippen LogP contribution >= 0.6 is 23.1 Å². The van der Waals surface area contributed by atoms with Gasteiger partial charge in [0.25, 0.3) is 0 Å². The van der Waals surface area contributed by atoms with Gasteiger partial charge in [-0.3, -0.25) is 0 Å². The smallest absolute Gasteiger partial charge is 0.154 e. The van der Waals surface area contributed by atoms with Gasteiger partial charge in [-0.2, -0.15) is 0 Å². The number of benzene rings is 1. The monoisotopic (exact) mass is 269 g/mol. The molecule has 0 spiro atoms. The number of halogens is 1. The van der Waals surface area contributed by atoms with Crippen molar-refractivity contribution < 1.29 is 9.50 Å². The fourth-order valence-electron chi connectivity index (χ4n) is 1.48. The maximum absolute atomic E-state index is 13.6. The highest BCUT2D eigenvalue weighted by molar-refractivity contribution is 8.01. The fourth-order valence-corrected chi connectivity index (χ4v) is 3.51. The average Bonchev–Trinajstić information content (AvgIpc) is 2.63. The van der Waals surface area contributed by atoms with Crippen LogP contribution in [0.1, 0.15) is 24.3 Å². The number of rotatable bonds is 3. The zero-order valence-corrected chi connectivity index (χ0v) is 11.1. The molecule has 0 saturated heterocycles. The van der Waals surface area contributed by atoms with Crippen LogP contribution in [0.25, 0.3) is 0 Å². The second kappa shape index (κ2) is 5.16. The second-order valence-electron chi connectivity index (χ2n) is 3.68. The van der Waals surface area contributed by atoms with Gasteiger partial charge in [-0.1, -0.05) is 17.8 Å². The number of thiazole rings is 1. The number of aliphatic hydroxyl groups excluding tert-OH is 1. The first-order chi connectivity index (χ1) is 8.08. The minimum absolute atomic E-state index is 0.338. The Morgan fingerprint density at radius 3 is 2.82 bits per heavy atom. The van der Waals surface area contributed by atoms with E-state index in [-0.39, 0.29) is 5.82 Å². The molecule has 0 unspecified atom stereocenters. The van der Waals surface area contributed by atoms with E-state index in [1.165, 1.54) is 29.2 Å². The molecule has 1 N–H and O–H groups in total. The van der Waals surface area contributed by atoms with Crippen LogP contribution in [0.2, 0.25) is 0 Å². The highest BCUT2D eigenvalue weighted by Gasteiger charge is 2.15. The van der Waals surface area contributed by atoms with Crippen LogP contribution < -0.4 is 0 Å². The van der Waals surface area contributed by atoms with Crippen LogP contribution in [0.5, 0.6) is 0 Å². The number of aryl methyl sites for hydroxylation is 1. The predicted octanol–water partition coefficient (Wildman–Crippen LogP) is 3.80.